The van der Waals surface area contributed by atoms with Gasteiger partial charge in [0.25, 0.3) is 11.1 Å². The lowest BCUT2D eigenvalue weighted by molar-refractivity contribution is -0.127. The number of rotatable bonds is 7. The number of imide groups is 1. The molecule has 30 heavy (non-hydrogen) atoms. The van der Waals surface area contributed by atoms with Gasteiger partial charge in [-0.05, 0) is 70.5 Å². The Hall–Kier alpha value is -2.78. The van der Waals surface area contributed by atoms with Gasteiger partial charge in [-0.2, -0.15) is 0 Å². The smallest absolute Gasteiger partial charge is 0.294 e. The largest absolute Gasteiger partial charge is 0.493 e. The fourth-order valence-electron chi connectivity index (χ4n) is 2.76. The molecule has 156 valence electrons. The summed E-state index contributed by atoms with van der Waals surface area (Å²) in [6, 6.07) is 12.3. The first-order valence-electron chi connectivity index (χ1n) is 9.03. The van der Waals surface area contributed by atoms with E-state index in [-0.39, 0.29) is 11.4 Å². The van der Waals surface area contributed by atoms with Crippen LogP contribution in [0.1, 0.15) is 12.5 Å². The molecule has 7 nitrogen and oxygen atoms in total. The third-order valence-corrected chi connectivity index (χ3v) is 5.57. The second-order valence-corrected chi connectivity index (χ2v) is 8.00. The van der Waals surface area contributed by atoms with E-state index in [4.69, 9.17) is 9.47 Å². The minimum atomic E-state index is -0.516. The monoisotopic (exact) mass is 490 g/mol. The highest BCUT2D eigenvalue weighted by Gasteiger charge is 2.36. The zero-order valence-corrected chi connectivity index (χ0v) is 18.7. The average Bonchev–Trinajstić information content (AvgIpc) is 2.98. The van der Waals surface area contributed by atoms with E-state index in [0.29, 0.717) is 33.8 Å². The predicted octanol–water partition coefficient (Wildman–Crippen LogP) is 4.53. The van der Waals surface area contributed by atoms with Gasteiger partial charge >= 0.3 is 0 Å². The number of benzene rings is 2. The van der Waals surface area contributed by atoms with Gasteiger partial charge in [-0.3, -0.25) is 19.3 Å². The molecule has 0 saturated carbocycles. The maximum Gasteiger partial charge on any atom is 0.294 e. The number of para-hydroxylation sites is 1. The number of hydrogen-bond acceptors (Lipinski definition) is 6. The molecule has 2 aromatic carbocycles. The van der Waals surface area contributed by atoms with E-state index >= 15 is 0 Å². The highest BCUT2D eigenvalue weighted by atomic mass is 79.9. The van der Waals surface area contributed by atoms with Crippen LogP contribution in [0.15, 0.2) is 51.8 Å². The number of carbonyl (C=O) groups is 3. The highest BCUT2D eigenvalue weighted by Crippen LogP contribution is 2.39. The van der Waals surface area contributed by atoms with Crippen LogP contribution in [-0.2, 0) is 9.59 Å². The second kappa shape index (κ2) is 9.82. The topological polar surface area (TPSA) is 84.9 Å². The molecular formula is C21H19BrN2O5S. The molecule has 1 heterocycles. The number of nitrogens with zero attached hydrogens (tertiary/aromatic N) is 1. The molecule has 1 aliphatic rings. The molecule has 9 heteroatoms. The van der Waals surface area contributed by atoms with Crippen LogP contribution in [-0.4, -0.2) is 42.2 Å². The number of ether oxygens (including phenoxy) is 2. The first-order valence-corrected chi connectivity index (χ1v) is 10.6. The summed E-state index contributed by atoms with van der Waals surface area (Å²) in [4.78, 5) is 38.4. The van der Waals surface area contributed by atoms with Gasteiger partial charge in [-0.25, -0.2) is 0 Å². The van der Waals surface area contributed by atoms with Crippen molar-refractivity contribution in [1.29, 1.82) is 0 Å². The molecule has 0 unspecified atom stereocenters. The van der Waals surface area contributed by atoms with Crippen LogP contribution in [0.25, 0.3) is 6.08 Å². The summed E-state index contributed by atoms with van der Waals surface area (Å²) in [5.74, 6) is 0.0918. The molecule has 3 rings (SSSR count). The Labute approximate surface area is 186 Å². The number of anilines is 1. The molecule has 0 aliphatic carbocycles. The Balaban J connectivity index is 1.76. The van der Waals surface area contributed by atoms with Gasteiger partial charge < -0.3 is 14.8 Å². The molecule has 0 atom stereocenters. The standard InChI is InChI=1S/C21H19BrN2O5S/c1-3-29-19-15(22)9-13(10-16(19)28-2)11-17-20(26)24(21(27)30-17)12-18(25)23-14-7-5-4-6-8-14/h4-11H,3,12H2,1-2H3,(H,23,25)/b17-11-. The van der Waals surface area contributed by atoms with E-state index in [1.807, 2.05) is 13.0 Å². The lowest BCUT2D eigenvalue weighted by atomic mass is 10.2. The van der Waals surface area contributed by atoms with E-state index in [1.54, 1.807) is 42.5 Å². The van der Waals surface area contributed by atoms with Gasteiger partial charge in [0.2, 0.25) is 5.91 Å². The maximum absolute atomic E-state index is 12.7. The number of halogens is 1. The summed E-state index contributed by atoms with van der Waals surface area (Å²) in [6.45, 7) is 1.98. The van der Waals surface area contributed by atoms with Crippen molar-refractivity contribution in [3.8, 4) is 11.5 Å². The van der Waals surface area contributed by atoms with Crippen molar-refractivity contribution in [1.82, 2.24) is 4.90 Å². The summed E-state index contributed by atoms with van der Waals surface area (Å²) in [5, 5.41) is 2.17. The summed E-state index contributed by atoms with van der Waals surface area (Å²) in [7, 11) is 1.52. The fraction of sp³-hybridized carbons (Fsp3) is 0.190. The van der Waals surface area contributed by atoms with Crippen molar-refractivity contribution < 1.29 is 23.9 Å². The Morgan fingerprint density at radius 2 is 1.97 bits per heavy atom. The minimum absolute atomic E-state index is 0.227. The number of amides is 3. The number of methoxy groups -OCH3 is 1. The van der Waals surface area contributed by atoms with E-state index in [1.165, 1.54) is 7.11 Å². The Morgan fingerprint density at radius 3 is 2.63 bits per heavy atom. The predicted molar refractivity (Wildman–Crippen MR) is 120 cm³/mol. The molecular weight excluding hydrogens is 472 g/mol. The van der Waals surface area contributed by atoms with Gasteiger partial charge in [-0.15, -0.1) is 0 Å². The zero-order valence-electron chi connectivity index (χ0n) is 16.3. The summed E-state index contributed by atoms with van der Waals surface area (Å²) in [5.41, 5.74) is 1.25. The third-order valence-electron chi connectivity index (χ3n) is 4.07. The van der Waals surface area contributed by atoms with Crippen molar-refractivity contribution in [2.75, 3.05) is 25.6 Å². The van der Waals surface area contributed by atoms with Crippen LogP contribution in [0, 0.1) is 0 Å². The summed E-state index contributed by atoms with van der Waals surface area (Å²) < 4.78 is 11.6. The number of hydrogen-bond donors (Lipinski definition) is 1. The first-order chi connectivity index (χ1) is 14.4. The fourth-order valence-corrected chi connectivity index (χ4v) is 4.17. The SMILES string of the molecule is CCOc1c(Br)cc(/C=C2\SC(=O)N(CC(=O)Nc3ccccc3)C2=O)cc1OC. The van der Waals surface area contributed by atoms with E-state index in [9.17, 15) is 14.4 Å². The van der Waals surface area contributed by atoms with Gasteiger partial charge in [-0.1, -0.05) is 18.2 Å². The lowest BCUT2D eigenvalue weighted by Gasteiger charge is -2.13. The molecule has 0 aromatic heterocycles. The molecule has 2 aromatic rings. The molecule has 1 saturated heterocycles. The van der Waals surface area contributed by atoms with Gasteiger partial charge in [0.05, 0.1) is 23.1 Å². The Bertz CT molecular complexity index is 1010. The normalized spacial score (nSPS) is 14.9. The van der Waals surface area contributed by atoms with Crippen molar-refractivity contribution >= 4 is 56.5 Å². The quantitative estimate of drug-likeness (QED) is 0.573. The van der Waals surface area contributed by atoms with E-state index in [2.05, 4.69) is 21.2 Å². The Kier molecular flexibility index (Phi) is 7.17. The molecule has 0 spiro atoms. The third kappa shape index (κ3) is 5.03. The van der Waals surface area contributed by atoms with Gasteiger partial charge in [0.1, 0.15) is 6.54 Å². The van der Waals surface area contributed by atoms with Crippen molar-refractivity contribution in [2.24, 2.45) is 0 Å². The molecule has 3 amide bonds. The number of carbonyl (C=O) groups excluding carboxylic acids is 3. The molecule has 1 N–H and O–H groups in total. The van der Waals surface area contributed by atoms with Crippen molar-refractivity contribution in [2.45, 2.75) is 6.92 Å². The van der Waals surface area contributed by atoms with Crippen LogP contribution in [0.5, 0.6) is 11.5 Å². The molecule has 0 bridgehead atoms. The van der Waals surface area contributed by atoms with Crippen LogP contribution in [0.4, 0.5) is 10.5 Å². The number of thioether (sulfide) groups is 1. The van der Waals surface area contributed by atoms with Crippen molar-refractivity contribution in [3.63, 3.8) is 0 Å². The van der Waals surface area contributed by atoms with Gasteiger partial charge in [0.15, 0.2) is 11.5 Å². The zero-order chi connectivity index (χ0) is 21.7. The van der Waals surface area contributed by atoms with E-state index < -0.39 is 17.1 Å². The summed E-state index contributed by atoms with van der Waals surface area (Å²) >= 11 is 4.23. The van der Waals surface area contributed by atoms with Crippen LogP contribution in [0.2, 0.25) is 0 Å². The average molecular weight is 491 g/mol. The van der Waals surface area contributed by atoms with Crippen LogP contribution in [0.3, 0.4) is 0 Å². The number of nitrogens with one attached hydrogen (secondary N) is 1. The molecule has 1 fully saturated rings. The summed E-state index contributed by atoms with van der Waals surface area (Å²) in [6.07, 6.45) is 1.59. The van der Waals surface area contributed by atoms with Crippen LogP contribution >= 0.6 is 27.7 Å². The van der Waals surface area contributed by atoms with Crippen LogP contribution < -0.4 is 14.8 Å². The highest BCUT2D eigenvalue weighted by molar-refractivity contribution is 9.10. The minimum Gasteiger partial charge on any atom is -0.493 e. The van der Waals surface area contributed by atoms with E-state index in [0.717, 1.165) is 16.7 Å². The molecule has 0 radical (unpaired) electrons. The maximum atomic E-state index is 12.7. The van der Waals surface area contributed by atoms with Gasteiger partial charge in [0, 0.05) is 5.69 Å². The van der Waals surface area contributed by atoms with Crippen molar-refractivity contribution in [3.05, 3.63) is 57.4 Å². The molecule has 1 aliphatic heterocycles. The Morgan fingerprint density at radius 1 is 1.23 bits per heavy atom. The first kappa shape index (κ1) is 21.9. The lowest BCUT2D eigenvalue weighted by Crippen LogP contribution is -2.36. The second-order valence-electron chi connectivity index (χ2n) is 6.15.